The van der Waals surface area contributed by atoms with Gasteiger partial charge in [0.15, 0.2) is 10.7 Å². The van der Waals surface area contributed by atoms with Crippen molar-refractivity contribution in [1.82, 2.24) is 14.4 Å². The Morgan fingerprint density at radius 2 is 1.72 bits per heavy atom. The van der Waals surface area contributed by atoms with Crippen LogP contribution >= 0.6 is 0 Å². The lowest BCUT2D eigenvalue weighted by Crippen LogP contribution is -2.53. The van der Waals surface area contributed by atoms with Crippen LogP contribution in [0.2, 0.25) is 0 Å². The molecule has 0 aliphatic carbocycles. The Balaban J connectivity index is 1.29. The third-order valence-electron chi connectivity index (χ3n) is 7.73. The summed E-state index contributed by atoms with van der Waals surface area (Å²) in [5.74, 6) is -0.107. The Kier molecular flexibility index (Phi) is 7.91. The number of para-hydroxylation sites is 1. The lowest BCUT2D eigenvalue weighted by molar-refractivity contribution is -0.137. The average molecular weight is 549 g/mol. The van der Waals surface area contributed by atoms with E-state index in [1.165, 1.54) is 4.31 Å². The van der Waals surface area contributed by atoms with Crippen LogP contribution in [0.1, 0.15) is 41.0 Å². The lowest BCUT2D eigenvalue weighted by Gasteiger charge is -2.39. The molecule has 1 amide bonds. The molecule has 0 bridgehead atoms. The molecule has 1 atom stereocenters. The average Bonchev–Trinajstić information content (AvgIpc) is 3.34. The molecular weight excluding hydrogens is 512 g/mol. The molecule has 0 radical (unpaired) electrons. The molecule has 0 N–H and O–H groups in total. The highest BCUT2D eigenvalue weighted by Gasteiger charge is 2.38. The number of nitrogens with zero attached hydrogens (tertiary/aromatic N) is 4. The number of rotatable bonds is 6. The quantitative estimate of drug-likeness (QED) is 0.450. The number of sulfonamides is 1. The number of carbonyl (C=O) groups excluding carboxylic acids is 1. The van der Waals surface area contributed by atoms with Gasteiger partial charge in [0.05, 0.1) is 5.92 Å². The zero-order valence-corrected chi connectivity index (χ0v) is 23.7. The van der Waals surface area contributed by atoms with Crippen molar-refractivity contribution in [3.63, 3.8) is 0 Å². The molecule has 2 aliphatic rings. The fraction of sp³-hybridized carbons (Fsp3) is 0.400. The summed E-state index contributed by atoms with van der Waals surface area (Å²) < 4.78 is 34.6. The van der Waals surface area contributed by atoms with Gasteiger partial charge in [0, 0.05) is 45.0 Å². The fourth-order valence-corrected chi connectivity index (χ4v) is 7.25. The Hall–Kier alpha value is -3.43. The zero-order valence-electron chi connectivity index (χ0n) is 22.8. The van der Waals surface area contributed by atoms with Gasteiger partial charge in [0.25, 0.3) is 0 Å². The van der Waals surface area contributed by atoms with Crippen molar-refractivity contribution in [3.8, 4) is 0 Å². The molecule has 2 fully saturated rings. The summed E-state index contributed by atoms with van der Waals surface area (Å²) in [6, 6.07) is 16.3. The molecule has 9 heteroatoms. The standard InChI is InChI=1S/C30H36N4O4S/c1-22-11-12-23(2)25(20-22)13-14-28-29(24(3)31-38-28)39(36,37)34-15-7-8-26(21-34)30(35)33-18-16-32(17-19-33)27-9-5-4-6-10-27/h4-6,9-14,20,26H,7-8,15-19,21H2,1-3H3/b14-13+. The van der Waals surface area contributed by atoms with Crippen LogP contribution in [-0.4, -0.2) is 68.0 Å². The van der Waals surface area contributed by atoms with Gasteiger partial charge in [-0.3, -0.25) is 4.79 Å². The third kappa shape index (κ3) is 5.79. The first kappa shape index (κ1) is 27.1. The van der Waals surface area contributed by atoms with Crippen molar-refractivity contribution in [2.75, 3.05) is 44.2 Å². The highest BCUT2D eigenvalue weighted by atomic mass is 32.2. The van der Waals surface area contributed by atoms with Crippen molar-refractivity contribution in [2.45, 2.75) is 38.5 Å². The minimum atomic E-state index is -3.90. The number of anilines is 1. The van der Waals surface area contributed by atoms with Crippen molar-refractivity contribution in [1.29, 1.82) is 0 Å². The topological polar surface area (TPSA) is 87.0 Å². The van der Waals surface area contributed by atoms with Gasteiger partial charge < -0.3 is 14.3 Å². The number of hydrogen-bond acceptors (Lipinski definition) is 6. The number of piperidine rings is 1. The van der Waals surface area contributed by atoms with Gasteiger partial charge in [0.1, 0.15) is 5.69 Å². The predicted molar refractivity (Wildman–Crippen MR) is 153 cm³/mol. The molecule has 206 valence electrons. The normalized spacial score (nSPS) is 19.1. The molecule has 0 saturated carbocycles. The summed E-state index contributed by atoms with van der Waals surface area (Å²) in [5, 5.41) is 3.98. The third-order valence-corrected chi connectivity index (χ3v) is 9.75. The Morgan fingerprint density at radius 3 is 2.46 bits per heavy atom. The van der Waals surface area contributed by atoms with E-state index in [0.29, 0.717) is 38.2 Å². The second-order valence-electron chi connectivity index (χ2n) is 10.5. The number of aryl methyl sites for hydroxylation is 3. The highest BCUT2D eigenvalue weighted by Crippen LogP contribution is 2.30. The van der Waals surface area contributed by atoms with Gasteiger partial charge in [-0.2, -0.15) is 4.31 Å². The molecule has 5 rings (SSSR count). The van der Waals surface area contributed by atoms with Crippen LogP contribution in [0.3, 0.4) is 0 Å². The number of piperazine rings is 1. The summed E-state index contributed by atoms with van der Waals surface area (Å²) in [6.07, 6.45) is 4.86. The summed E-state index contributed by atoms with van der Waals surface area (Å²) in [7, 11) is -3.90. The van der Waals surface area contributed by atoms with Gasteiger partial charge in [-0.15, -0.1) is 0 Å². The summed E-state index contributed by atoms with van der Waals surface area (Å²) in [6.45, 7) is 9.01. The van der Waals surface area contributed by atoms with Crippen LogP contribution in [0.25, 0.3) is 12.2 Å². The first-order chi connectivity index (χ1) is 18.7. The van der Waals surface area contributed by atoms with Crippen LogP contribution in [0.5, 0.6) is 0 Å². The van der Waals surface area contributed by atoms with Crippen LogP contribution in [0.4, 0.5) is 5.69 Å². The first-order valence-electron chi connectivity index (χ1n) is 13.5. The van der Waals surface area contributed by atoms with Crippen molar-refractivity contribution in [2.24, 2.45) is 5.92 Å². The second kappa shape index (κ2) is 11.4. The minimum Gasteiger partial charge on any atom is -0.368 e. The first-order valence-corrected chi connectivity index (χ1v) is 15.0. The van der Waals surface area contributed by atoms with E-state index in [0.717, 1.165) is 35.5 Å². The van der Waals surface area contributed by atoms with Crippen molar-refractivity contribution < 1.29 is 17.7 Å². The minimum absolute atomic E-state index is 0.0414. The Labute approximate surface area is 230 Å². The van der Waals surface area contributed by atoms with Gasteiger partial charge in [-0.1, -0.05) is 53.2 Å². The van der Waals surface area contributed by atoms with Gasteiger partial charge in [-0.05, 0) is 62.9 Å². The summed E-state index contributed by atoms with van der Waals surface area (Å²) in [4.78, 5) is 17.7. The van der Waals surface area contributed by atoms with E-state index in [4.69, 9.17) is 4.52 Å². The van der Waals surface area contributed by atoms with Crippen molar-refractivity contribution in [3.05, 3.63) is 76.7 Å². The largest absolute Gasteiger partial charge is 0.368 e. The van der Waals surface area contributed by atoms with Gasteiger partial charge >= 0.3 is 0 Å². The second-order valence-corrected chi connectivity index (χ2v) is 12.4. The van der Waals surface area contributed by atoms with E-state index in [1.807, 2.05) is 61.2 Å². The van der Waals surface area contributed by atoms with E-state index in [-0.39, 0.29) is 29.0 Å². The molecule has 1 aromatic heterocycles. The molecule has 1 unspecified atom stereocenters. The number of amides is 1. The lowest BCUT2D eigenvalue weighted by atomic mass is 9.97. The maximum atomic E-state index is 13.8. The van der Waals surface area contributed by atoms with Crippen LogP contribution in [-0.2, 0) is 14.8 Å². The smallest absolute Gasteiger partial charge is 0.248 e. The number of aromatic nitrogens is 1. The number of carbonyl (C=O) groups is 1. The number of benzene rings is 2. The van der Waals surface area contributed by atoms with Gasteiger partial charge in [-0.25, -0.2) is 8.42 Å². The molecule has 2 aliphatic heterocycles. The molecule has 2 saturated heterocycles. The monoisotopic (exact) mass is 548 g/mol. The van der Waals surface area contributed by atoms with Crippen LogP contribution in [0, 0.1) is 26.7 Å². The van der Waals surface area contributed by atoms with Crippen LogP contribution in [0.15, 0.2) is 57.9 Å². The Bertz CT molecular complexity index is 1460. The van der Waals surface area contributed by atoms with E-state index in [9.17, 15) is 13.2 Å². The maximum absolute atomic E-state index is 13.8. The van der Waals surface area contributed by atoms with E-state index >= 15 is 0 Å². The SMILES string of the molecule is Cc1ccc(C)c(/C=C/c2onc(C)c2S(=O)(=O)N2CCCC(C(=O)N3CCN(c4ccccc4)CC3)C2)c1. The fourth-order valence-electron chi connectivity index (χ4n) is 5.48. The van der Waals surface area contributed by atoms with E-state index in [1.54, 1.807) is 13.0 Å². The molecule has 39 heavy (non-hydrogen) atoms. The maximum Gasteiger partial charge on any atom is 0.248 e. The molecule has 0 spiro atoms. The van der Waals surface area contributed by atoms with Crippen molar-refractivity contribution >= 4 is 33.8 Å². The van der Waals surface area contributed by atoms with Crippen LogP contribution < -0.4 is 4.90 Å². The zero-order chi connectivity index (χ0) is 27.6. The van der Waals surface area contributed by atoms with E-state index in [2.05, 4.69) is 22.2 Å². The highest BCUT2D eigenvalue weighted by molar-refractivity contribution is 7.89. The number of hydrogen-bond donors (Lipinski definition) is 0. The van der Waals surface area contributed by atoms with Gasteiger partial charge in [0.2, 0.25) is 15.9 Å². The summed E-state index contributed by atoms with van der Waals surface area (Å²) >= 11 is 0. The molecule has 3 aromatic rings. The molecule has 8 nitrogen and oxygen atoms in total. The predicted octanol–water partition coefficient (Wildman–Crippen LogP) is 4.52. The molecule has 2 aromatic carbocycles. The van der Waals surface area contributed by atoms with E-state index < -0.39 is 10.0 Å². The molecular formula is C30H36N4O4S. The molecule has 3 heterocycles. The Morgan fingerprint density at radius 1 is 0.974 bits per heavy atom. The summed E-state index contributed by atoms with van der Waals surface area (Å²) in [5.41, 5.74) is 4.67.